The van der Waals surface area contributed by atoms with Crippen molar-refractivity contribution >= 4 is 45.5 Å². The zero-order valence-electron chi connectivity index (χ0n) is 12.6. The second-order valence-corrected chi connectivity index (χ2v) is 7.06. The first kappa shape index (κ1) is 14.8. The van der Waals surface area contributed by atoms with Crippen molar-refractivity contribution in [3.05, 3.63) is 56.9 Å². The van der Waals surface area contributed by atoms with E-state index in [9.17, 15) is 5.11 Å². The molecule has 3 aromatic rings. The largest absolute Gasteiger partial charge is 0.507 e. The van der Waals surface area contributed by atoms with Gasteiger partial charge in [0, 0.05) is 32.7 Å². The minimum atomic E-state index is 0.251. The molecule has 0 aliphatic heterocycles. The van der Waals surface area contributed by atoms with E-state index in [1.807, 2.05) is 30.3 Å². The molecule has 116 valence electrons. The molecule has 0 amide bonds. The molecule has 0 spiro atoms. The molecule has 0 fully saturated rings. The lowest BCUT2D eigenvalue weighted by Gasteiger charge is -2.09. The molecule has 1 aliphatic rings. The van der Waals surface area contributed by atoms with Crippen LogP contribution in [0.4, 0.5) is 5.69 Å². The molecule has 0 saturated heterocycles. The van der Waals surface area contributed by atoms with Gasteiger partial charge in [-0.15, -0.1) is 0 Å². The highest BCUT2D eigenvalue weighted by atomic mass is 127. The molecule has 23 heavy (non-hydrogen) atoms. The van der Waals surface area contributed by atoms with Crippen molar-refractivity contribution < 1.29 is 9.52 Å². The molecule has 4 heteroatoms. The Morgan fingerprint density at radius 2 is 1.83 bits per heavy atom. The molecule has 0 radical (unpaired) electrons. The summed E-state index contributed by atoms with van der Waals surface area (Å²) < 4.78 is 7.16. The van der Waals surface area contributed by atoms with E-state index in [2.05, 4.69) is 27.6 Å². The summed E-state index contributed by atoms with van der Waals surface area (Å²) in [6.45, 7) is 0. The third-order valence-corrected chi connectivity index (χ3v) is 5.02. The van der Waals surface area contributed by atoms with Crippen LogP contribution in [0.15, 0.2) is 45.8 Å². The number of benzene rings is 2. The summed E-state index contributed by atoms with van der Waals surface area (Å²) in [5.41, 5.74) is 3.72. The van der Waals surface area contributed by atoms with Gasteiger partial charge in [-0.2, -0.15) is 0 Å². The lowest BCUT2D eigenvalue weighted by molar-refractivity contribution is 0.474. The van der Waals surface area contributed by atoms with Gasteiger partial charge in [0.1, 0.15) is 17.1 Å². The number of nitrogens with zero attached hydrogens (tertiary/aromatic N) is 1. The SMILES string of the molecule is Oc1ccc2oc3c(c2c1C=Nc1ccc(I)cc1)CCCC3. The number of hydrogen-bond acceptors (Lipinski definition) is 3. The predicted molar refractivity (Wildman–Crippen MR) is 101 cm³/mol. The van der Waals surface area contributed by atoms with Crippen molar-refractivity contribution in [2.24, 2.45) is 4.99 Å². The maximum absolute atomic E-state index is 10.3. The molecule has 2 aromatic carbocycles. The summed E-state index contributed by atoms with van der Waals surface area (Å²) in [4.78, 5) is 4.53. The van der Waals surface area contributed by atoms with Crippen molar-refractivity contribution in [2.75, 3.05) is 0 Å². The van der Waals surface area contributed by atoms with E-state index in [4.69, 9.17) is 4.42 Å². The van der Waals surface area contributed by atoms with E-state index in [1.54, 1.807) is 12.3 Å². The number of aliphatic imine (C=N–C) groups is 1. The number of phenols is 1. The minimum absolute atomic E-state index is 0.251. The summed E-state index contributed by atoms with van der Waals surface area (Å²) in [6.07, 6.45) is 6.09. The quantitative estimate of drug-likeness (QED) is 0.450. The molecular weight excluding hydrogens is 401 g/mol. The van der Waals surface area contributed by atoms with Crippen LogP contribution in [0, 0.1) is 3.57 Å². The molecule has 1 aliphatic carbocycles. The Bertz CT molecular complexity index is 894. The lowest BCUT2D eigenvalue weighted by Crippen LogP contribution is -1.99. The number of halogens is 1. The molecule has 0 bridgehead atoms. The molecule has 1 N–H and O–H groups in total. The monoisotopic (exact) mass is 417 g/mol. The van der Waals surface area contributed by atoms with E-state index < -0.39 is 0 Å². The third-order valence-electron chi connectivity index (χ3n) is 4.31. The van der Waals surface area contributed by atoms with Gasteiger partial charge in [-0.25, -0.2) is 0 Å². The van der Waals surface area contributed by atoms with Crippen LogP contribution in [0.1, 0.15) is 29.7 Å². The highest BCUT2D eigenvalue weighted by Crippen LogP contribution is 2.36. The summed E-state index contributed by atoms with van der Waals surface area (Å²) in [7, 11) is 0. The standard InChI is InChI=1S/C19H16INO2/c20-12-5-7-13(8-6-12)21-11-15-16(22)9-10-18-19(15)14-3-1-2-4-17(14)23-18/h5-11,22H,1-4H2. The smallest absolute Gasteiger partial charge is 0.135 e. The van der Waals surface area contributed by atoms with Gasteiger partial charge in [0.25, 0.3) is 0 Å². The van der Waals surface area contributed by atoms with E-state index in [1.165, 1.54) is 22.0 Å². The Morgan fingerprint density at radius 1 is 1.04 bits per heavy atom. The van der Waals surface area contributed by atoms with Crippen LogP contribution >= 0.6 is 22.6 Å². The predicted octanol–water partition coefficient (Wildman–Crippen LogP) is 5.37. The molecule has 4 rings (SSSR count). The van der Waals surface area contributed by atoms with Gasteiger partial charge in [0.05, 0.1) is 5.69 Å². The van der Waals surface area contributed by atoms with Crippen LogP contribution in [-0.4, -0.2) is 11.3 Å². The number of aryl methyl sites for hydroxylation is 2. The second kappa shape index (κ2) is 6.00. The van der Waals surface area contributed by atoms with Crippen molar-refractivity contribution in [1.82, 2.24) is 0 Å². The number of fused-ring (bicyclic) bond motifs is 3. The van der Waals surface area contributed by atoms with Gasteiger partial charge in [0.2, 0.25) is 0 Å². The summed E-state index contributed by atoms with van der Waals surface area (Å²) in [6, 6.07) is 11.5. The maximum atomic E-state index is 10.3. The fourth-order valence-corrected chi connectivity index (χ4v) is 3.53. The fourth-order valence-electron chi connectivity index (χ4n) is 3.17. The van der Waals surface area contributed by atoms with Crippen molar-refractivity contribution in [3.63, 3.8) is 0 Å². The zero-order valence-corrected chi connectivity index (χ0v) is 14.7. The molecule has 1 heterocycles. The summed E-state index contributed by atoms with van der Waals surface area (Å²) in [5.74, 6) is 1.32. The van der Waals surface area contributed by atoms with Gasteiger partial charge in [-0.05, 0) is 78.3 Å². The van der Waals surface area contributed by atoms with Crippen LogP contribution in [0.3, 0.4) is 0 Å². The van der Waals surface area contributed by atoms with Crippen LogP contribution in [0.25, 0.3) is 11.0 Å². The van der Waals surface area contributed by atoms with Crippen LogP contribution in [0.2, 0.25) is 0 Å². The van der Waals surface area contributed by atoms with E-state index in [0.29, 0.717) is 0 Å². The van der Waals surface area contributed by atoms with Gasteiger partial charge >= 0.3 is 0 Å². The number of phenolic OH excluding ortho intramolecular Hbond substituents is 1. The first-order valence-electron chi connectivity index (χ1n) is 7.78. The van der Waals surface area contributed by atoms with Gasteiger partial charge in [-0.1, -0.05) is 0 Å². The molecular formula is C19H16INO2. The number of hydrogen-bond donors (Lipinski definition) is 1. The first-order valence-corrected chi connectivity index (χ1v) is 8.86. The Balaban J connectivity index is 1.83. The maximum Gasteiger partial charge on any atom is 0.135 e. The van der Waals surface area contributed by atoms with Crippen molar-refractivity contribution in [3.8, 4) is 5.75 Å². The lowest BCUT2D eigenvalue weighted by atomic mass is 9.94. The van der Waals surface area contributed by atoms with Crippen molar-refractivity contribution in [1.29, 1.82) is 0 Å². The van der Waals surface area contributed by atoms with Crippen molar-refractivity contribution in [2.45, 2.75) is 25.7 Å². The Kier molecular flexibility index (Phi) is 3.85. The molecule has 0 atom stereocenters. The third kappa shape index (κ3) is 2.76. The second-order valence-electron chi connectivity index (χ2n) is 5.82. The summed E-state index contributed by atoms with van der Waals surface area (Å²) in [5, 5.41) is 11.3. The average molecular weight is 417 g/mol. The molecule has 3 nitrogen and oxygen atoms in total. The average Bonchev–Trinajstić information content (AvgIpc) is 2.94. The van der Waals surface area contributed by atoms with Crippen LogP contribution in [0.5, 0.6) is 5.75 Å². The highest BCUT2D eigenvalue weighted by Gasteiger charge is 2.21. The normalized spacial score (nSPS) is 14.5. The van der Waals surface area contributed by atoms with Crippen LogP contribution in [-0.2, 0) is 12.8 Å². The Hall–Kier alpha value is -1.82. The Morgan fingerprint density at radius 3 is 2.65 bits per heavy atom. The minimum Gasteiger partial charge on any atom is -0.507 e. The first-order chi connectivity index (χ1) is 11.2. The van der Waals surface area contributed by atoms with Gasteiger partial charge in [0.15, 0.2) is 0 Å². The topological polar surface area (TPSA) is 45.7 Å². The molecule has 0 saturated carbocycles. The molecule has 1 aromatic heterocycles. The number of furan rings is 1. The Labute approximate surface area is 148 Å². The highest BCUT2D eigenvalue weighted by molar-refractivity contribution is 14.1. The van der Waals surface area contributed by atoms with E-state index >= 15 is 0 Å². The van der Waals surface area contributed by atoms with Gasteiger partial charge < -0.3 is 9.52 Å². The summed E-state index contributed by atoms with van der Waals surface area (Å²) >= 11 is 2.27. The van der Waals surface area contributed by atoms with Crippen LogP contribution < -0.4 is 0 Å². The fraction of sp³-hybridized carbons (Fsp3) is 0.211. The number of aromatic hydroxyl groups is 1. The van der Waals surface area contributed by atoms with E-state index in [-0.39, 0.29) is 5.75 Å². The van der Waals surface area contributed by atoms with Gasteiger partial charge in [-0.3, -0.25) is 4.99 Å². The van der Waals surface area contributed by atoms with E-state index in [0.717, 1.165) is 40.8 Å². The zero-order chi connectivity index (χ0) is 15.8. The molecule has 0 unspecified atom stereocenters. The number of rotatable bonds is 2.